The molecule has 0 unspecified atom stereocenters. The molecule has 0 aliphatic carbocycles. The molecule has 0 aliphatic rings. The van der Waals surface area contributed by atoms with E-state index in [1.807, 2.05) is 0 Å². The van der Waals surface area contributed by atoms with Crippen LogP contribution in [0.4, 0.5) is 18.9 Å². The fraction of sp³-hybridized carbons (Fsp3) is 0.0667. The van der Waals surface area contributed by atoms with Gasteiger partial charge in [0.15, 0.2) is 0 Å². The number of nitrogens with zero attached hydrogens (tertiary/aromatic N) is 2. The highest BCUT2D eigenvalue weighted by Crippen LogP contribution is 2.41. The van der Waals surface area contributed by atoms with E-state index in [1.54, 1.807) is 36.4 Å². The lowest BCUT2D eigenvalue weighted by atomic mass is 10.1. The second kappa shape index (κ2) is 4.77. The third-order valence-electron chi connectivity index (χ3n) is 3.18. The number of fused-ring (bicyclic) bond motifs is 1. The van der Waals surface area contributed by atoms with E-state index in [0.29, 0.717) is 5.56 Å². The number of nitrogens with two attached hydrogens (primary N) is 1. The maximum absolute atomic E-state index is 13.3. The summed E-state index contributed by atoms with van der Waals surface area (Å²) in [6.07, 6.45) is -4.64. The molecule has 0 saturated carbocycles. The van der Waals surface area contributed by atoms with E-state index >= 15 is 0 Å². The number of hydrogen-bond donors (Lipinski definition) is 1. The van der Waals surface area contributed by atoms with Gasteiger partial charge in [-0.25, -0.2) is 4.98 Å². The Morgan fingerprint density at radius 3 is 2.45 bits per heavy atom. The molecule has 22 heavy (non-hydrogen) atoms. The molecule has 3 rings (SSSR count). The van der Waals surface area contributed by atoms with Crippen LogP contribution in [0.15, 0.2) is 40.8 Å². The molecule has 0 radical (unpaired) electrons. The molecule has 0 fully saturated rings. The monoisotopic (exact) mass is 303 g/mol. The standard InChI is InChI=1S/C15H8F3N3O/c16-15(17,18)9-6-10(8-4-2-1-3-5-8)21-14-12(9)13(20)11(7-19)22-14/h1-6H,20H2. The molecule has 7 heteroatoms. The quantitative estimate of drug-likeness (QED) is 0.738. The average molecular weight is 303 g/mol. The van der Waals surface area contributed by atoms with E-state index in [2.05, 4.69) is 4.98 Å². The van der Waals surface area contributed by atoms with Gasteiger partial charge in [-0.05, 0) is 6.07 Å². The van der Waals surface area contributed by atoms with Gasteiger partial charge in [0.1, 0.15) is 6.07 Å². The number of halogens is 3. The van der Waals surface area contributed by atoms with Gasteiger partial charge in [0, 0.05) is 5.56 Å². The topological polar surface area (TPSA) is 75.8 Å². The van der Waals surface area contributed by atoms with Crippen LogP contribution in [0, 0.1) is 11.3 Å². The van der Waals surface area contributed by atoms with E-state index in [-0.39, 0.29) is 28.2 Å². The van der Waals surface area contributed by atoms with Gasteiger partial charge in [-0.2, -0.15) is 18.4 Å². The number of furan rings is 1. The lowest BCUT2D eigenvalue weighted by molar-refractivity contribution is -0.136. The molecule has 0 aliphatic heterocycles. The van der Waals surface area contributed by atoms with Crippen LogP contribution >= 0.6 is 0 Å². The molecule has 0 atom stereocenters. The molecular weight excluding hydrogens is 295 g/mol. The van der Waals surface area contributed by atoms with Gasteiger partial charge in [-0.15, -0.1) is 0 Å². The zero-order chi connectivity index (χ0) is 15.9. The predicted octanol–water partition coefficient (Wildman–Crippen LogP) is 3.97. The average Bonchev–Trinajstić information content (AvgIpc) is 2.82. The molecule has 2 heterocycles. The van der Waals surface area contributed by atoms with Crippen molar-refractivity contribution >= 4 is 16.8 Å². The molecule has 4 nitrogen and oxygen atoms in total. The molecule has 2 N–H and O–H groups in total. The second-order valence-electron chi connectivity index (χ2n) is 4.56. The summed E-state index contributed by atoms with van der Waals surface area (Å²) in [4.78, 5) is 4.05. The van der Waals surface area contributed by atoms with Gasteiger partial charge >= 0.3 is 6.18 Å². The molecule has 0 saturated heterocycles. The van der Waals surface area contributed by atoms with Gasteiger partial charge < -0.3 is 10.2 Å². The van der Waals surface area contributed by atoms with Crippen molar-refractivity contribution < 1.29 is 17.6 Å². The number of pyridine rings is 1. The van der Waals surface area contributed by atoms with Crippen LogP contribution in [-0.4, -0.2) is 4.98 Å². The van der Waals surface area contributed by atoms with Gasteiger partial charge in [-0.1, -0.05) is 30.3 Å². The van der Waals surface area contributed by atoms with Crippen molar-refractivity contribution in [2.24, 2.45) is 0 Å². The van der Waals surface area contributed by atoms with Crippen LogP contribution in [0.3, 0.4) is 0 Å². The maximum atomic E-state index is 13.3. The molecular formula is C15H8F3N3O. The number of hydrogen-bond acceptors (Lipinski definition) is 4. The van der Waals surface area contributed by atoms with Crippen LogP contribution in [-0.2, 0) is 6.18 Å². The van der Waals surface area contributed by atoms with E-state index in [9.17, 15) is 13.2 Å². The number of anilines is 1. The summed E-state index contributed by atoms with van der Waals surface area (Å²) in [5.74, 6) is -0.377. The Morgan fingerprint density at radius 1 is 1.18 bits per heavy atom. The summed E-state index contributed by atoms with van der Waals surface area (Å²) in [5.41, 5.74) is 4.55. The van der Waals surface area contributed by atoms with Crippen molar-refractivity contribution in [3.05, 3.63) is 47.7 Å². The first-order valence-corrected chi connectivity index (χ1v) is 6.17. The lowest BCUT2D eigenvalue weighted by Crippen LogP contribution is -2.07. The van der Waals surface area contributed by atoms with Gasteiger partial charge in [0.2, 0.25) is 11.5 Å². The number of alkyl halides is 3. The Bertz CT molecular complexity index is 892. The highest BCUT2D eigenvalue weighted by atomic mass is 19.4. The Kier molecular flexibility index (Phi) is 3.03. The highest BCUT2D eigenvalue weighted by molar-refractivity contribution is 5.94. The summed E-state index contributed by atoms with van der Waals surface area (Å²) >= 11 is 0. The molecule has 0 bridgehead atoms. The number of benzene rings is 1. The summed E-state index contributed by atoms with van der Waals surface area (Å²) in [5, 5.41) is 8.48. The Morgan fingerprint density at radius 2 is 1.86 bits per heavy atom. The third kappa shape index (κ3) is 2.15. The van der Waals surface area contributed by atoms with Crippen molar-refractivity contribution in [1.82, 2.24) is 4.98 Å². The summed E-state index contributed by atoms with van der Waals surface area (Å²) < 4.78 is 44.9. The zero-order valence-electron chi connectivity index (χ0n) is 11.0. The molecule has 1 aromatic carbocycles. The normalized spacial score (nSPS) is 11.5. The summed E-state index contributed by atoms with van der Waals surface area (Å²) in [6, 6.07) is 10.9. The predicted molar refractivity (Wildman–Crippen MR) is 73.6 cm³/mol. The zero-order valence-corrected chi connectivity index (χ0v) is 11.0. The Labute approximate surface area is 122 Å². The number of nitriles is 1. The van der Waals surface area contributed by atoms with Gasteiger partial charge in [0.25, 0.3) is 0 Å². The van der Waals surface area contributed by atoms with E-state index in [4.69, 9.17) is 15.4 Å². The van der Waals surface area contributed by atoms with Crippen molar-refractivity contribution in [2.45, 2.75) is 6.18 Å². The fourth-order valence-electron chi connectivity index (χ4n) is 2.18. The smallest absolute Gasteiger partial charge is 0.417 e. The van der Waals surface area contributed by atoms with Gasteiger partial charge in [-0.3, -0.25) is 0 Å². The maximum Gasteiger partial charge on any atom is 0.417 e. The SMILES string of the molecule is N#Cc1oc2nc(-c3ccccc3)cc(C(F)(F)F)c2c1N. The number of aromatic nitrogens is 1. The highest BCUT2D eigenvalue weighted by Gasteiger charge is 2.36. The Hall–Kier alpha value is -3.01. The largest absolute Gasteiger partial charge is 0.425 e. The number of nitrogen functional groups attached to an aromatic ring is 1. The molecule has 110 valence electrons. The first-order valence-electron chi connectivity index (χ1n) is 6.17. The molecule has 0 spiro atoms. The van der Waals surface area contributed by atoms with Crippen LogP contribution in [0.1, 0.15) is 11.3 Å². The van der Waals surface area contributed by atoms with Crippen LogP contribution in [0.2, 0.25) is 0 Å². The first kappa shape index (κ1) is 13.9. The van der Waals surface area contributed by atoms with E-state index < -0.39 is 11.7 Å². The van der Waals surface area contributed by atoms with Gasteiger partial charge in [0.05, 0.1) is 22.3 Å². The minimum atomic E-state index is -4.64. The molecule has 0 amide bonds. The van der Waals surface area contributed by atoms with Crippen LogP contribution in [0.25, 0.3) is 22.4 Å². The summed E-state index contributed by atoms with van der Waals surface area (Å²) in [7, 11) is 0. The van der Waals surface area contributed by atoms with Crippen molar-refractivity contribution in [1.29, 1.82) is 5.26 Å². The molecule has 2 aromatic heterocycles. The van der Waals surface area contributed by atoms with Crippen LogP contribution < -0.4 is 5.73 Å². The van der Waals surface area contributed by atoms with Crippen molar-refractivity contribution in [3.63, 3.8) is 0 Å². The third-order valence-corrected chi connectivity index (χ3v) is 3.18. The summed E-state index contributed by atoms with van der Waals surface area (Å²) in [6.45, 7) is 0. The second-order valence-corrected chi connectivity index (χ2v) is 4.56. The minimum absolute atomic E-state index is 0.0960. The fourth-order valence-corrected chi connectivity index (χ4v) is 2.18. The van der Waals surface area contributed by atoms with E-state index in [1.165, 1.54) is 0 Å². The first-order chi connectivity index (χ1) is 10.4. The van der Waals surface area contributed by atoms with Crippen molar-refractivity contribution in [2.75, 3.05) is 5.73 Å². The van der Waals surface area contributed by atoms with Crippen molar-refractivity contribution in [3.8, 4) is 17.3 Å². The minimum Gasteiger partial charge on any atom is -0.425 e. The van der Waals surface area contributed by atoms with E-state index in [0.717, 1.165) is 6.07 Å². The Balaban J connectivity index is 2.38. The number of rotatable bonds is 1. The molecule has 3 aromatic rings. The van der Waals surface area contributed by atoms with Crippen LogP contribution in [0.5, 0.6) is 0 Å². The lowest BCUT2D eigenvalue weighted by Gasteiger charge is -2.10.